The summed E-state index contributed by atoms with van der Waals surface area (Å²) in [6, 6.07) is 4.97. The zero-order valence-electron chi connectivity index (χ0n) is 9.41. The average molecular weight is 286 g/mol. The molecule has 2 nitrogen and oxygen atoms in total. The Bertz CT molecular complexity index is 626. The maximum atomic E-state index is 12.9. The lowest BCUT2D eigenvalue weighted by Crippen LogP contribution is -2.07. The summed E-state index contributed by atoms with van der Waals surface area (Å²) < 4.78 is 38.8. The number of hydrogen-bond donors (Lipinski definition) is 0. The Morgan fingerprint density at radius 3 is 2.42 bits per heavy atom. The molecule has 2 rings (SSSR count). The first kappa shape index (κ1) is 13.5. The van der Waals surface area contributed by atoms with Crippen LogP contribution in [-0.4, -0.2) is 11.3 Å². The summed E-state index contributed by atoms with van der Waals surface area (Å²) in [4.78, 5) is 14.7. The molecule has 2 aromatic rings. The molecule has 1 aromatic heterocycles. The molecular formula is C13H7ClF3NO. The van der Waals surface area contributed by atoms with E-state index < -0.39 is 11.7 Å². The molecule has 0 saturated heterocycles. The molecule has 0 spiro atoms. The standard InChI is InChI=1S/C13H7ClF3NO/c14-12-6-18-5-9(10(12)7-19)8-3-1-2-4-11(8)13(15,16)17/h1-7H. The molecule has 0 aliphatic carbocycles. The van der Waals surface area contributed by atoms with Crippen molar-refractivity contribution in [2.75, 3.05) is 0 Å². The fraction of sp³-hybridized carbons (Fsp3) is 0.0769. The molecule has 0 aliphatic rings. The highest BCUT2D eigenvalue weighted by atomic mass is 35.5. The molecule has 1 aromatic carbocycles. The minimum Gasteiger partial charge on any atom is -0.298 e. The number of nitrogens with zero attached hydrogens (tertiary/aromatic N) is 1. The van der Waals surface area contributed by atoms with Crippen molar-refractivity contribution in [2.24, 2.45) is 0 Å². The van der Waals surface area contributed by atoms with E-state index in [-0.39, 0.29) is 21.7 Å². The Kier molecular flexibility index (Phi) is 3.57. The lowest BCUT2D eigenvalue weighted by atomic mass is 9.97. The number of halogens is 4. The number of carbonyl (C=O) groups excluding carboxylic acids is 1. The Labute approximate surface area is 111 Å². The van der Waals surface area contributed by atoms with Crippen molar-refractivity contribution in [3.63, 3.8) is 0 Å². The lowest BCUT2D eigenvalue weighted by molar-refractivity contribution is -0.137. The van der Waals surface area contributed by atoms with E-state index >= 15 is 0 Å². The van der Waals surface area contributed by atoms with Gasteiger partial charge < -0.3 is 0 Å². The normalized spacial score (nSPS) is 11.4. The van der Waals surface area contributed by atoms with E-state index in [0.29, 0.717) is 6.29 Å². The minimum absolute atomic E-state index is 0.00614. The number of rotatable bonds is 2. The van der Waals surface area contributed by atoms with Crippen LogP contribution in [0.25, 0.3) is 11.1 Å². The van der Waals surface area contributed by atoms with Gasteiger partial charge in [-0.15, -0.1) is 0 Å². The zero-order valence-corrected chi connectivity index (χ0v) is 10.2. The molecule has 0 unspecified atom stereocenters. The van der Waals surface area contributed by atoms with E-state index in [9.17, 15) is 18.0 Å². The predicted octanol–water partition coefficient (Wildman–Crippen LogP) is 4.23. The molecule has 6 heteroatoms. The van der Waals surface area contributed by atoms with E-state index in [1.807, 2.05) is 0 Å². The second-order valence-electron chi connectivity index (χ2n) is 3.74. The van der Waals surface area contributed by atoms with Gasteiger partial charge in [0, 0.05) is 23.5 Å². The van der Waals surface area contributed by atoms with E-state index in [2.05, 4.69) is 4.98 Å². The Hall–Kier alpha value is -1.88. The van der Waals surface area contributed by atoms with Crippen LogP contribution < -0.4 is 0 Å². The molecule has 0 saturated carbocycles. The van der Waals surface area contributed by atoms with Gasteiger partial charge >= 0.3 is 6.18 Å². The van der Waals surface area contributed by atoms with Gasteiger partial charge in [-0.1, -0.05) is 29.8 Å². The third kappa shape index (κ3) is 2.61. The van der Waals surface area contributed by atoms with E-state index in [1.54, 1.807) is 0 Å². The average Bonchev–Trinajstić information content (AvgIpc) is 2.37. The summed E-state index contributed by atoms with van der Waals surface area (Å²) in [5.74, 6) is 0. The van der Waals surface area contributed by atoms with Crippen molar-refractivity contribution < 1.29 is 18.0 Å². The van der Waals surface area contributed by atoms with Crippen molar-refractivity contribution in [1.82, 2.24) is 4.98 Å². The third-order valence-corrected chi connectivity index (χ3v) is 2.88. The van der Waals surface area contributed by atoms with Gasteiger partial charge in [-0.3, -0.25) is 9.78 Å². The van der Waals surface area contributed by atoms with E-state index in [4.69, 9.17) is 11.6 Å². The molecule has 98 valence electrons. The molecule has 1 heterocycles. The predicted molar refractivity (Wildman–Crippen MR) is 65.1 cm³/mol. The highest BCUT2D eigenvalue weighted by Crippen LogP contribution is 2.38. The lowest BCUT2D eigenvalue weighted by Gasteiger charge is -2.14. The Morgan fingerprint density at radius 2 is 1.79 bits per heavy atom. The van der Waals surface area contributed by atoms with Crippen LogP contribution in [-0.2, 0) is 6.18 Å². The SMILES string of the molecule is O=Cc1c(Cl)cncc1-c1ccccc1C(F)(F)F. The third-order valence-electron chi connectivity index (χ3n) is 2.58. The van der Waals surface area contributed by atoms with Crippen molar-refractivity contribution in [1.29, 1.82) is 0 Å². The first-order valence-electron chi connectivity index (χ1n) is 5.20. The number of aromatic nitrogens is 1. The maximum Gasteiger partial charge on any atom is 0.417 e. The molecule has 0 N–H and O–H groups in total. The monoisotopic (exact) mass is 285 g/mol. The van der Waals surface area contributed by atoms with Crippen LogP contribution in [0.3, 0.4) is 0 Å². The molecule has 0 bridgehead atoms. The summed E-state index contributed by atoms with van der Waals surface area (Å²) >= 11 is 5.77. The molecule has 0 atom stereocenters. The van der Waals surface area contributed by atoms with Crippen molar-refractivity contribution in [3.8, 4) is 11.1 Å². The first-order valence-corrected chi connectivity index (χ1v) is 5.58. The van der Waals surface area contributed by atoms with Gasteiger partial charge in [0.2, 0.25) is 0 Å². The topological polar surface area (TPSA) is 30.0 Å². The van der Waals surface area contributed by atoms with Gasteiger partial charge in [0.15, 0.2) is 6.29 Å². The number of aldehydes is 1. The minimum atomic E-state index is -4.51. The van der Waals surface area contributed by atoms with Gasteiger partial charge in [-0.2, -0.15) is 13.2 Å². The summed E-state index contributed by atoms with van der Waals surface area (Å²) in [5.41, 5.74) is -0.891. The zero-order chi connectivity index (χ0) is 14.0. The van der Waals surface area contributed by atoms with Crippen LogP contribution >= 0.6 is 11.6 Å². The Morgan fingerprint density at radius 1 is 1.11 bits per heavy atom. The maximum absolute atomic E-state index is 12.9. The van der Waals surface area contributed by atoms with Crippen molar-refractivity contribution in [2.45, 2.75) is 6.18 Å². The van der Waals surface area contributed by atoms with Crippen LogP contribution in [0.2, 0.25) is 5.02 Å². The van der Waals surface area contributed by atoms with Gasteiger partial charge in [-0.25, -0.2) is 0 Å². The summed E-state index contributed by atoms with van der Waals surface area (Å²) in [6.45, 7) is 0. The van der Waals surface area contributed by atoms with Crippen LogP contribution in [0.4, 0.5) is 13.2 Å². The van der Waals surface area contributed by atoms with Crippen LogP contribution in [0.5, 0.6) is 0 Å². The quantitative estimate of drug-likeness (QED) is 0.773. The fourth-order valence-corrected chi connectivity index (χ4v) is 1.95. The molecule has 0 radical (unpaired) electrons. The van der Waals surface area contributed by atoms with Crippen molar-refractivity contribution >= 4 is 17.9 Å². The summed E-state index contributed by atoms with van der Waals surface area (Å²) in [6.07, 6.45) is -1.68. The number of alkyl halides is 3. The highest BCUT2D eigenvalue weighted by molar-refractivity contribution is 6.33. The second-order valence-corrected chi connectivity index (χ2v) is 4.15. The molecule has 0 aliphatic heterocycles. The van der Waals surface area contributed by atoms with Crippen LogP contribution in [0.15, 0.2) is 36.7 Å². The summed E-state index contributed by atoms with van der Waals surface area (Å²) in [7, 11) is 0. The highest BCUT2D eigenvalue weighted by Gasteiger charge is 2.33. The largest absolute Gasteiger partial charge is 0.417 e. The smallest absolute Gasteiger partial charge is 0.298 e. The molecular weight excluding hydrogens is 279 g/mol. The van der Waals surface area contributed by atoms with Gasteiger partial charge in [0.05, 0.1) is 10.6 Å². The summed E-state index contributed by atoms with van der Waals surface area (Å²) in [5, 5.41) is 0.0180. The number of hydrogen-bond acceptors (Lipinski definition) is 2. The fourth-order valence-electron chi connectivity index (χ4n) is 1.74. The molecule has 19 heavy (non-hydrogen) atoms. The molecule has 0 amide bonds. The van der Waals surface area contributed by atoms with Crippen LogP contribution in [0, 0.1) is 0 Å². The Balaban J connectivity index is 2.73. The first-order chi connectivity index (χ1) is 8.95. The van der Waals surface area contributed by atoms with Crippen LogP contribution in [0.1, 0.15) is 15.9 Å². The van der Waals surface area contributed by atoms with E-state index in [1.165, 1.54) is 30.6 Å². The van der Waals surface area contributed by atoms with Gasteiger partial charge in [0.25, 0.3) is 0 Å². The number of benzene rings is 1. The second kappa shape index (κ2) is 5.01. The number of pyridine rings is 1. The van der Waals surface area contributed by atoms with Crippen molar-refractivity contribution in [3.05, 3.63) is 52.8 Å². The number of carbonyl (C=O) groups is 1. The van der Waals surface area contributed by atoms with Gasteiger partial charge in [0.1, 0.15) is 0 Å². The van der Waals surface area contributed by atoms with E-state index in [0.717, 1.165) is 6.07 Å². The van der Waals surface area contributed by atoms with Gasteiger partial charge in [-0.05, 0) is 11.6 Å². The molecule has 0 fully saturated rings.